The van der Waals surface area contributed by atoms with Crippen LogP contribution in [0.4, 0.5) is 0 Å². The Hall–Kier alpha value is -1.57. The van der Waals surface area contributed by atoms with Gasteiger partial charge in [-0.05, 0) is 24.6 Å². The minimum absolute atomic E-state index is 0.128. The van der Waals surface area contributed by atoms with Crippen molar-refractivity contribution in [2.24, 2.45) is 5.73 Å². The molecule has 0 unspecified atom stereocenters. The molecule has 0 bridgehead atoms. The van der Waals surface area contributed by atoms with Gasteiger partial charge in [-0.2, -0.15) is 5.26 Å². The number of halogens is 1. The molecule has 4 nitrogen and oxygen atoms in total. The summed E-state index contributed by atoms with van der Waals surface area (Å²) in [5, 5.41) is 9.30. The Kier molecular flexibility index (Phi) is 4.29. The number of hydrogen-bond donors (Lipinski definition) is 1. The molecular formula is C11H11ClN2O2. The fraction of sp³-hybridized carbons (Fsp3) is 0.273. The fourth-order valence-electron chi connectivity index (χ4n) is 1.36. The molecule has 0 aliphatic carbocycles. The van der Waals surface area contributed by atoms with Crippen LogP contribution in [-0.4, -0.2) is 12.6 Å². The van der Waals surface area contributed by atoms with Crippen molar-refractivity contribution in [3.8, 4) is 6.07 Å². The van der Waals surface area contributed by atoms with E-state index in [1.807, 2.05) is 6.07 Å². The first-order valence-corrected chi connectivity index (χ1v) is 5.11. The van der Waals surface area contributed by atoms with Crippen molar-refractivity contribution in [3.63, 3.8) is 0 Å². The van der Waals surface area contributed by atoms with Crippen molar-refractivity contribution in [1.82, 2.24) is 0 Å². The van der Waals surface area contributed by atoms with Crippen LogP contribution < -0.4 is 5.73 Å². The van der Waals surface area contributed by atoms with E-state index in [0.717, 1.165) is 0 Å². The monoisotopic (exact) mass is 238 g/mol. The SMILES string of the molecule is CCOC(=O)c1c(C#N)cc(Cl)cc1CN. The smallest absolute Gasteiger partial charge is 0.339 e. The second-order valence-corrected chi connectivity index (χ2v) is 3.46. The van der Waals surface area contributed by atoms with Crippen molar-refractivity contribution in [1.29, 1.82) is 5.26 Å². The molecule has 84 valence electrons. The summed E-state index contributed by atoms with van der Waals surface area (Å²) in [6.45, 7) is 2.07. The minimum Gasteiger partial charge on any atom is -0.462 e. The van der Waals surface area contributed by atoms with Gasteiger partial charge in [0.2, 0.25) is 0 Å². The Morgan fingerprint density at radius 2 is 2.31 bits per heavy atom. The third-order valence-electron chi connectivity index (χ3n) is 2.00. The molecule has 0 aromatic heterocycles. The predicted octanol–water partition coefficient (Wildman–Crippen LogP) is 1.85. The maximum atomic E-state index is 11.6. The first kappa shape index (κ1) is 12.5. The molecule has 1 aromatic carbocycles. The summed E-state index contributed by atoms with van der Waals surface area (Å²) in [5.41, 5.74) is 6.41. The van der Waals surface area contributed by atoms with Crippen molar-refractivity contribution in [3.05, 3.63) is 33.8 Å². The topological polar surface area (TPSA) is 76.1 Å². The molecule has 0 aliphatic rings. The number of nitrogens with zero attached hydrogens (tertiary/aromatic N) is 1. The van der Waals surface area contributed by atoms with Gasteiger partial charge in [-0.25, -0.2) is 4.79 Å². The van der Waals surface area contributed by atoms with Crippen molar-refractivity contribution in [2.45, 2.75) is 13.5 Å². The molecule has 0 fully saturated rings. The number of nitrogens with two attached hydrogens (primary N) is 1. The number of carbonyl (C=O) groups is 1. The van der Waals surface area contributed by atoms with Gasteiger partial charge in [0.15, 0.2) is 0 Å². The molecule has 0 amide bonds. The highest BCUT2D eigenvalue weighted by molar-refractivity contribution is 6.31. The van der Waals surface area contributed by atoms with Gasteiger partial charge in [-0.1, -0.05) is 11.6 Å². The largest absolute Gasteiger partial charge is 0.462 e. The van der Waals surface area contributed by atoms with E-state index in [1.54, 1.807) is 13.0 Å². The summed E-state index contributed by atoms with van der Waals surface area (Å²) in [6.07, 6.45) is 0. The van der Waals surface area contributed by atoms with E-state index in [4.69, 9.17) is 27.3 Å². The van der Waals surface area contributed by atoms with Crippen LogP contribution in [0.5, 0.6) is 0 Å². The molecule has 0 radical (unpaired) electrons. The standard InChI is InChI=1S/C11H11ClN2O2/c1-2-16-11(15)10-7(5-13)3-9(12)4-8(10)6-14/h3-4H,2,5,13H2,1H3. The van der Waals surface area contributed by atoms with E-state index >= 15 is 0 Å². The van der Waals surface area contributed by atoms with Crippen molar-refractivity contribution in [2.75, 3.05) is 6.61 Å². The Bertz CT molecular complexity index is 452. The van der Waals surface area contributed by atoms with Crippen molar-refractivity contribution < 1.29 is 9.53 Å². The van der Waals surface area contributed by atoms with E-state index in [1.165, 1.54) is 6.07 Å². The zero-order valence-corrected chi connectivity index (χ0v) is 9.54. The molecule has 0 atom stereocenters. The lowest BCUT2D eigenvalue weighted by Gasteiger charge is -2.09. The summed E-state index contributed by atoms with van der Waals surface area (Å²) >= 11 is 5.80. The van der Waals surface area contributed by atoms with Crippen LogP contribution in [0, 0.1) is 11.3 Å². The third-order valence-corrected chi connectivity index (χ3v) is 2.22. The minimum atomic E-state index is -0.545. The number of hydrogen-bond acceptors (Lipinski definition) is 4. The van der Waals surface area contributed by atoms with Crippen LogP contribution in [0.2, 0.25) is 5.02 Å². The maximum absolute atomic E-state index is 11.6. The molecule has 0 heterocycles. The van der Waals surface area contributed by atoms with Crippen LogP contribution in [0.1, 0.15) is 28.4 Å². The average molecular weight is 239 g/mol. The Labute approximate surface area is 98.6 Å². The van der Waals surface area contributed by atoms with E-state index in [9.17, 15) is 4.79 Å². The molecule has 0 saturated heterocycles. The van der Waals surface area contributed by atoms with Crippen LogP contribution in [0.15, 0.2) is 12.1 Å². The highest BCUT2D eigenvalue weighted by atomic mass is 35.5. The van der Waals surface area contributed by atoms with Gasteiger partial charge in [-0.3, -0.25) is 0 Å². The van der Waals surface area contributed by atoms with Gasteiger partial charge in [0, 0.05) is 11.6 Å². The van der Waals surface area contributed by atoms with Crippen LogP contribution in [-0.2, 0) is 11.3 Å². The van der Waals surface area contributed by atoms with Gasteiger partial charge in [0.25, 0.3) is 0 Å². The first-order chi connectivity index (χ1) is 7.63. The number of ether oxygens (including phenoxy) is 1. The van der Waals surface area contributed by atoms with E-state index in [2.05, 4.69) is 0 Å². The molecule has 1 rings (SSSR count). The quantitative estimate of drug-likeness (QED) is 0.816. The summed E-state index contributed by atoms with van der Waals surface area (Å²) in [7, 11) is 0. The lowest BCUT2D eigenvalue weighted by Crippen LogP contribution is -2.13. The average Bonchev–Trinajstić information content (AvgIpc) is 2.27. The molecule has 0 saturated carbocycles. The second-order valence-electron chi connectivity index (χ2n) is 3.02. The summed E-state index contributed by atoms with van der Waals surface area (Å²) < 4.78 is 4.86. The zero-order chi connectivity index (χ0) is 12.1. The van der Waals surface area contributed by atoms with E-state index in [0.29, 0.717) is 10.6 Å². The van der Waals surface area contributed by atoms with E-state index < -0.39 is 5.97 Å². The normalized spacial score (nSPS) is 9.62. The molecular weight excluding hydrogens is 228 g/mol. The second kappa shape index (κ2) is 5.50. The molecule has 5 heteroatoms. The number of esters is 1. The number of nitriles is 1. The van der Waals surface area contributed by atoms with Gasteiger partial charge in [-0.15, -0.1) is 0 Å². The predicted molar refractivity (Wildman–Crippen MR) is 60.0 cm³/mol. The Morgan fingerprint density at radius 3 is 2.81 bits per heavy atom. The lowest BCUT2D eigenvalue weighted by molar-refractivity contribution is 0.0524. The van der Waals surface area contributed by atoms with Gasteiger partial charge >= 0.3 is 5.97 Å². The molecule has 0 aliphatic heterocycles. The number of benzene rings is 1. The van der Waals surface area contributed by atoms with Gasteiger partial charge in [0.1, 0.15) is 6.07 Å². The number of carbonyl (C=O) groups excluding carboxylic acids is 1. The zero-order valence-electron chi connectivity index (χ0n) is 8.79. The molecule has 2 N–H and O–H groups in total. The van der Waals surface area contributed by atoms with Crippen LogP contribution >= 0.6 is 11.6 Å². The molecule has 16 heavy (non-hydrogen) atoms. The summed E-state index contributed by atoms with van der Waals surface area (Å²) in [6, 6.07) is 4.90. The first-order valence-electron chi connectivity index (χ1n) is 4.73. The van der Waals surface area contributed by atoms with Gasteiger partial charge in [0.05, 0.1) is 17.7 Å². The van der Waals surface area contributed by atoms with E-state index in [-0.39, 0.29) is 24.3 Å². The Morgan fingerprint density at radius 1 is 1.62 bits per heavy atom. The number of rotatable bonds is 3. The third kappa shape index (κ3) is 2.51. The molecule has 0 spiro atoms. The van der Waals surface area contributed by atoms with Gasteiger partial charge < -0.3 is 10.5 Å². The lowest BCUT2D eigenvalue weighted by atomic mass is 10.0. The summed E-state index contributed by atoms with van der Waals surface area (Å²) in [4.78, 5) is 11.6. The van der Waals surface area contributed by atoms with Crippen molar-refractivity contribution >= 4 is 17.6 Å². The maximum Gasteiger partial charge on any atom is 0.339 e. The van der Waals surface area contributed by atoms with Crippen LogP contribution in [0.3, 0.4) is 0 Å². The highest BCUT2D eigenvalue weighted by Gasteiger charge is 2.17. The fourth-order valence-corrected chi connectivity index (χ4v) is 1.60. The summed E-state index contributed by atoms with van der Waals surface area (Å²) in [5.74, 6) is -0.545. The Balaban J connectivity index is 3.34. The van der Waals surface area contributed by atoms with Crippen LogP contribution in [0.25, 0.3) is 0 Å². The molecule has 1 aromatic rings. The highest BCUT2D eigenvalue weighted by Crippen LogP contribution is 2.21.